The van der Waals surface area contributed by atoms with Crippen LogP contribution < -0.4 is 0 Å². The largest absolute Gasteiger partial charge is 0.478 e. The molecular weight excluding hydrogens is 396 g/mol. The van der Waals surface area contributed by atoms with E-state index in [4.69, 9.17) is 9.47 Å². The maximum Gasteiger partial charge on any atom is 0.331 e. The van der Waals surface area contributed by atoms with Crippen LogP contribution in [-0.2, 0) is 23.9 Å². The van der Waals surface area contributed by atoms with Crippen LogP contribution >= 0.6 is 0 Å². The molecule has 1 heterocycles. The average Bonchev–Trinajstić information content (AvgIpc) is 3.14. The quantitative estimate of drug-likeness (QED) is 0.588. The zero-order valence-electron chi connectivity index (χ0n) is 19.4. The van der Waals surface area contributed by atoms with Crippen molar-refractivity contribution in [3.63, 3.8) is 0 Å². The van der Waals surface area contributed by atoms with Crippen LogP contribution in [0.4, 0.5) is 0 Å². The van der Waals surface area contributed by atoms with Gasteiger partial charge in [0.2, 0.25) is 0 Å². The fourth-order valence-corrected chi connectivity index (χ4v) is 5.86. The Morgan fingerprint density at radius 2 is 2.06 bits per heavy atom. The lowest BCUT2D eigenvalue weighted by Crippen LogP contribution is -2.53. The van der Waals surface area contributed by atoms with Crippen LogP contribution in [0.5, 0.6) is 0 Å². The van der Waals surface area contributed by atoms with E-state index in [9.17, 15) is 19.5 Å². The normalized spacial score (nSPS) is 36.0. The summed E-state index contributed by atoms with van der Waals surface area (Å²) in [5, 5.41) is 10.0. The summed E-state index contributed by atoms with van der Waals surface area (Å²) in [6, 6.07) is 0. The van der Waals surface area contributed by atoms with Crippen LogP contribution in [0, 0.1) is 28.6 Å². The van der Waals surface area contributed by atoms with E-state index >= 15 is 0 Å². The minimum Gasteiger partial charge on any atom is -0.478 e. The van der Waals surface area contributed by atoms with Gasteiger partial charge in [0.05, 0.1) is 5.92 Å². The lowest BCUT2D eigenvalue weighted by atomic mass is 9.46. The van der Waals surface area contributed by atoms with E-state index in [1.54, 1.807) is 12.2 Å². The Hall–Kier alpha value is -2.11. The highest BCUT2D eigenvalue weighted by Gasteiger charge is 2.57. The topological polar surface area (TPSA) is 89.9 Å². The average molecular weight is 433 g/mol. The van der Waals surface area contributed by atoms with Gasteiger partial charge in [-0.1, -0.05) is 34.6 Å². The first kappa shape index (κ1) is 23.6. The highest BCUT2D eigenvalue weighted by Crippen LogP contribution is 2.62. The van der Waals surface area contributed by atoms with Crippen LogP contribution in [0.2, 0.25) is 0 Å². The van der Waals surface area contributed by atoms with Gasteiger partial charge in [0, 0.05) is 17.1 Å². The van der Waals surface area contributed by atoms with E-state index in [-0.39, 0.29) is 29.2 Å². The van der Waals surface area contributed by atoms with Gasteiger partial charge in [-0.3, -0.25) is 4.79 Å². The number of carboxylic acids is 1. The van der Waals surface area contributed by atoms with Gasteiger partial charge in [-0.15, -0.1) is 0 Å². The minimum absolute atomic E-state index is 0.0632. The summed E-state index contributed by atoms with van der Waals surface area (Å²) in [7, 11) is 0. The molecule has 1 aliphatic heterocycles. The van der Waals surface area contributed by atoms with Crippen LogP contribution in [0.3, 0.4) is 0 Å². The van der Waals surface area contributed by atoms with Crippen molar-refractivity contribution in [3.8, 4) is 0 Å². The van der Waals surface area contributed by atoms with Crippen LogP contribution in [0.1, 0.15) is 73.1 Å². The molecule has 1 N–H and O–H groups in total. The van der Waals surface area contributed by atoms with Crippen molar-refractivity contribution in [2.24, 2.45) is 28.6 Å². The number of hydrogen-bond acceptors (Lipinski definition) is 5. The molecule has 1 saturated carbocycles. The number of carboxylic acid groups (broad SMARTS) is 1. The monoisotopic (exact) mass is 432 g/mol. The van der Waals surface area contributed by atoms with Gasteiger partial charge in [0.1, 0.15) is 12.7 Å². The Morgan fingerprint density at radius 1 is 1.35 bits per heavy atom. The van der Waals surface area contributed by atoms with E-state index < -0.39 is 17.5 Å². The molecule has 0 aromatic heterocycles. The summed E-state index contributed by atoms with van der Waals surface area (Å²) in [6.07, 6.45) is 7.40. The summed E-state index contributed by atoms with van der Waals surface area (Å²) in [5.74, 6) is -1.23. The SMILES string of the molecule is CC[C@@H](C)C(=O)O[C@@H]1C=C(C(=O)O)[C@]2(C)CC[C@@H](C)[C@](C)(CCC3=CC(=O)OC3)[C@H]2C1. The Labute approximate surface area is 185 Å². The molecule has 31 heavy (non-hydrogen) atoms. The number of hydrogen-bond donors (Lipinski definition) is 1. The highest BCUT2D eigenvalue weighted by molar-refractivity contribution is 5.89. The Bertz CT molecular complexity index is 811. The molecule has 0 radical (unpaired) electrons. The number of rotatable bonds is 7. The van der Waals surface area contributed by atoms with Crippen molar-refractivity contribution in [2.45, 2.75) is 79.2 Å². The second-order valence-corrected chi connectivity index (χ2v) is 10.2. The zero-order chi connectivity index (χ0) is 23.0. The summed E-state index contributed by atoms with van der Waals surface area (Å²) >= 11 is 0. The smallest absolute Gasteiger partial charge is 0.331 e. The predicted molar refractivity (Wildman–Crippen MR) is 116 cm³/mol. The maximum atomic E-state index is 12.5. The molecule has 2 aliphatic carbocycles. The standard InChI is InChI=1S/C25H36O6/c1-6-15(2)23(29)31-18-12-19(22(27)28)25(5)9-7-16(3)24(4,20(25)13-18)10-8-17-11-21(26)30-14-17/h11-12,15-16,18,20H,6-10,13-14H2,1-5H3,(H,27,28)/t15-,16-,18-,20-,24+,25+/m1/s1. The van der Waals surface area contributed by atoms with Crippen molar-refractivity contribution in [2.75, 3.05) is 6.61 Å². The van der Waals surface area contributed by atoms with Crippen LogP contribution in [-0.4, -0.2) is 35.7 Å². The third kappa shape index (κ3) is 4.44. The number of fused-ring (bicyclic) bond motifs is 1. The first-order chi connectivity index (χ1) is 14.5. The molecular formula is C25H36O6. The van der Waals surface area contributed by atoms with Gasteiger partial charge < -0.3 is 14.6 Å². The molecule has 0 bridgehead atoms. The van der Waals surface area contributed by atoms with Gasteiger partial charge in [0.25, 0.3) is 0 Å². The van der Waals surface area contributed by atoms with E-state index in [0.717, 1.165) is 31.3 Å². The molecule has 3 rings (SSSR count). The summed E-state index contributed by atoms with van der Waals surface area (Å²) in [4.78, 5) is 36.2. The second kappa shape index (κ2) is 8.79. The highest BCUT2D eigenvalue weighted by atomic mass is 16.5. The second-order valence-electron chi connectivity index (χ2n) is 10.2. The number of cyclic esters (lactones) is 1. The number of carbonyl (C=O) groups excluding carboxylic acids is 2. The van der Waals surface area contributed by atoms with Crippen molar-refractivity contribution in [1.29, 1.82) is 0 Å². The van der Waals surface area contributed by atoms with Gasteiger partial charge in [0.15, 0.2) is 0 Å². The van der Waals surface area contributed by atoms with E-state index in [0.29, 0.717) is 30.9 Å². The molecule has 0 amide bonds. The third-order valence-corrected chi connectivity index (χ3v) is 8.44. The maximum absolute atomic E-state index is 12.5. The Kier molecular flexibility index (Phi) is 6.68. The molecule has 3 aliphatic rings. The molecule has 172 valence electrons. The Morgan fingerprint density at radius 3 is 2.65 bits per heavy atom. The zero-order valence-corrected chi connectivity index (χ0v) is 19.4. The third-order valence-electron chi connectivity index (χ3n) is 8.44. The number of esters is 2. The first-order valence-corrected chi connectivity index (χ1v) is 11.5. The molecule has 0 spiro atoms. The Balaban J connectivity index is 1.91. The number of carbonyl (C=O) groups is 3. The van der Waals surface area contributed by atoms with E-state index in [1.165, 1.54) is 0 Å². The summed E-state index contributed by atoms with van der Waals surface area (Å²) < 4.78 is 10.8. The van der Waals surface area contributed by atoms with Crippen molar-refractivity contribution in [3.05, 3.63) is 23.3 Å². The van der Waals surface area contributed by atoms with Gasteiger partial charge >= 0.3 is 17.9 Å². The summed E-state index contributed by atoms with van der Waals surface area (Å²) in [6.45, 7) is 10.7. The molecule has 0 saturated heterocycles. The molecule has 1 fully saturated rings. The summed E-state index contributed by atoms with van der Waals surface area (Å²) in [5.41, 5.74) is 0.760. The molecule has 0 aromatic rings. The van der Waals surface area contributed by atoms with Crippen molar-refractivity contribution >= 4 is 17.9 Å². The van der Waals surface area contributed by atoms with Crippen LogP contribution in [0.15, 0.2) is 23.3 Å². The van der Waals surface area contributed by atoms with Crippen LogP contribution in [0.25, 0.3) is 0 Å². The molecule has 0 unspecified atom stereocenters. The first-order valence-electron chi connectivity index (χ1n) is 11.5. The van der Waals surface area contributed by atoms with E-state index in [1.807, 2.05) is 13.8 Å². The molecule has 6 heteroatoms. The minimum atomic E-state index is -0.925. The lowest BCUT2D eigenvalue weighted by Gasteiger charge is -2.58. The van der Waals surface area contributed by atoms with Gasteiger partial charge in [-0.2, -0.15) is 0 Å². The molecule has 6 atom stereocenters. The van der Waals surface area contributed by atoms with E-state index in [2.05, 4.69) is 20.8 Å². The molecule has 6 nitrogen and oxygen atoms in total. The fourth-order valence-electron chi connectivity index (χ4n) is 5.86. The van der Waals surface area contributed by atoms with Crippen molar-refractivity contribution < 1.29 is 29.0 Å². The molecule has 0 aromatic carbocycles. The fraction of sp³-hybridized carbons (Fsp3) is 0.720. The van der Waals surface area contributed by atoms with Gasteiger partial charge in [-0.05, 0) is 67.4 Å². The number of ether oxygens (including phenoxy) is 2. The van der Waals surface area contributed by atoms with Crippen molar-refractivity contribution in [1.82, 2.24) is 0 Å². The number of aliphatic carboxylic acids is 1. The van der Waals surface area contributed by atoms with Gasteiger partial charge in [-0.25, -0.2) is 9.59 Å². The predicted octanol–water partition coefficient (Wildman–Crippen LogP) is 4.68. The lowest BCUT2D eigenvalue weighted by molar-refractivity contribution is -0.157.